The van der Waals surface area contributed by atoms with E-state index >= 15 is 0 Å². The zero-order valence-electron chi connectivity index (χ0n) is 17.7. The maximum Gasteiger partial charge on any atom is 0.223 e. The first-order chi connectivity index (χ1) is 13.9. The second kappa shape index (κ2) is 9.11. The molecule has 1 atom stereocenters. The largest absolute Gasteiger partial charge is 0.355 e. The first kappa shape index (κ1) is 20.9. The van der Waals surface area contributed by atoms with E-state index in [9.17, 15) is 9.59 Å². The number of carbonyl (C=O) groups excluding carboxylic acids is 2. The number of aromatic nitrogens is 2. The van der Waals surface area contributed by atoms with Crippen molar-refractivity contribution in [1.82, 2.24) is 15.1 Å². The third kappa shape index (κ3) is 4.78. The topological polar surface area (TPSA) is 79.3 Å². The van der Waals surface area contributed by atoms with Gasteiger partial charge >= 0.3 is 0 Å². The van der Waals surface area contributed by atoms with Crippen LogP contribution in [-0.2, 0) is 9.59 Å². The van der Waals surface area contributed by atoms with Gasteiger partial charge in [-0.05, 0) is 45.2 Å². The number of carbonyl (C=O) groups is 2. The Bertz CT molecular complexity index is 854. The number of amides is 2. The van der Waals surface area contributed by atoms with Crippen LogP contribution < -0.4 is 15.5 Å². The number of nitrogens with zero attached hydrogens (tertiary/aromatic N) is 3. The molecule has 7 heteroatoms. The molecule has 0 bridgehead atoms. The van der Waals surface area contributed by atoms with E-state index < -0.39 is 0 Å². The van der Waals surface area contributed by atoms with E-state index in [1.807, 2.05) is 48.9 Å². The highest BCUT2D eigenvalue weighted by atomic mass is 16.2. The molecule has 2 amide bonds. The number of piperidine rings is 1. The van der Waals surface area contributed by atoms with Crippen LogP contribution in [-0.4, -0.2) is 40.7 Å². The second-order valence-corrected chi connectivity index (χ2v) is 7.79. The Morgan fingerprint density at radius 2 is 1.86 bits per heavy atom. The molecule has 0 aliphatic carbocycles. The Balaban J connectivity index is 1.84. The van der Waals surface area contributed by atoms with Gasteiger partial charge in [-0.1, -0.05) is 25.1 Å². The minimum atomic E-state index is -0.121. The fourth-order valence-corrected chi connectivity index (χ4v) is 3.69. The molecule has 1 aromatic heterocycles. The summed E-state index contributed by atoms with van der Waals surface area (Å²) in [6, 6.07) is 10.1. The Labute approximate surface area is 172 Å². The second-order valence-electron chi connectivity index (χ2n) is 7.79. The summed E-state index contributed by atoms with van der Waals surface area (Å²) >= 11 is 0. The molecular weight excluding hydrogens is 366 g/mol. The zero-order chi connectivity index (χ0) is 21.0. The summed E-state index contributed by atoms with van der Waals surface area (Å²) in [5.74, 6) is 0.932. The quantitative estimate of drug-likeness (QED) is 0.784. The van der Waals surface area contributed by atoms with Crippen molar-refractivity contribution < 1.29 is 9.59 Å². The van der Waals surface area contributed by atoms with Crippen molar-refractivity contribution in [3.63, 3.8) is 0 Å². The van der Waals surface area contributed by atoms with Crippen LogP contribution >= 0.6 is 0 Å². The Kier molecular flexibility index (Phi) is 6.56. The molecule has 2 heterocycles. The van der Waals surface area contributed by atoms with Crippen LogP contribution in [0.5, 0.6) is 0 Å². The molecule has 156 valence electrons. The fraction of sp³-hybridized carbons (Fsp3) is 0.500. The fourth-order valence-electron chi connectivity index (χ4n) is 3.69. The Morgan fingerprint density at radius 3 is 2.45 bits per heavy atom. The number of nitrogens with one attached hydrogen (secondary N) is 2. The number of para-hydroxylation sites is 1. The molecule has 7 nitrogen and oxygen atoms in total. The van der Waals surface area contributed by atoms with E-state index in [1.54, 1.807) is 0 Å². The van der Waals surface area contributed by atoms with Crippen molar-refractivity contribution in [3.05, 3.63) is 36.0 Å². The van der Waals surface area contributed by atoms with Crippen molar-refractivity contribution in [3.8, 4) is 5.69 Å². The molecule has 29 heavy (non-hydrogen) atoms. The number of hydrogen-bond acceptors (Lipinski definition) is 4. The molecule has 1 fully saturated rings. The summed E-state index contributed by atoms with van der Waals surface area (Å²) in [7, 11) is 0. The van der Waals surface area contributed by atoms with Crippen LogP contribution in [0.4, 0.5) is 11.5 Å². The van der Waals surface area contributed by atoms with Crippen LogP contribution in [0.25, 0.3) is 5.69 Å². The first-order valence-electron chi connectivity index (χ1n) is 10.4. The minimum absolute atomic E-state index is 0.0265. The third-order valence-electron chi connectivity index (χ3n) is 5.50. The van der Waals surface area contributed by atoms with Crippen LogP contribution in [0.2, 0.25) is 0 Å². The standard InChI is InChI=1S/C22H31N5O2/c1-5-15(2)23-21(29)18-11-13-26(14-12-18)22-20(24-17(4)28)16(3)25-27(22)19-9-7-6-8-10-19/h6-10,15,18H,5,11-14H2,1-4H3,(H,23,29)(H,24,28)/t15-/m0/s1. The van der Waals surface area contributed by atoms with Gasteiger partial charge in [-0.3, -0.25) is 9.59 Å². The number of benzene rings is 1. The highest BCUT2D eigenvalue weighted by Crippen LogP contribution is 2.34. The summed E-state index contributed by atoms with van der Waals surface area (Å²) in [4.78, 5) is 26.5. The lowest BCUT2D eigenvalue weighted by Gasteiger charge is -2.34. The monoisotopic (exact) mass is 397 g/mol. The number of aryl methyl sites for hydroxylation is 1. The average Bonchev–Trinajstić information content (AvgIpc) is 3.04. The van der Waals surface area contributed by atoms with E-state index in [4.69, 9.17) is 5.10 Å². The summed E-state index contributed by atoms with van der Waals surface area (Å²) in [5.41, 5.74) is 2.46. The normalized spacial score (nSPS) is 15.8. The van der Waals surface area contributed by atoms with Gasteiger partial charge in [-0.2, -0.15) is 5.10 Å². The lowest BCUT2D eigenvalue weighted by atomic mass is 9.95. The van der Waals surface area contributed by atoms with Gasteiger partial charge in [-0.25, -0.2) is 4.68 Å². The molecule has 2 aromatic rings. The highest BCUT2D eigenvalue weighted by molar-refractivity contribution is 5.93. The lowest BCUT2D eigenvalue weighted by molar-refractivity contribution is -0.126. The van der Waals surface area contributed by atoms with Gasteiger partial charge in [0.05, 0.1) is 11.4 Å². The molecule has 0 unspecified atom stereocenters. The molecule has 0 spiro atoms. The first-order valence-corrected chi connectivity index (χ1v) is 10.4. The van der Waals surface area contributed by atoms with Gasteiger partial charge in [0.2, 0.25) is 11.8 Å². The number of anilines is 2. The van der Waals surface area contributed by atoms with Crippen LogP contribution in [0.3, 0.4) is 0 Å². The highest BCUT2D eigenvalue weighted by Gasteiger charge is 2.30. The van der Waals surface area contributed by atoms with Crippen LogP contribution in [0.15, 0.2) is 30.3 Å². The maximum absolute atomic E-state index is 12.5. The summed E-state index contributed by atoms with van der Waals surface area (Å²) in [6.45, 7) is 9.00. The lowest BCUT2D eigenvalue weighted by Crippen LogP contribution is -2.43. The summed E-state index contributed by atoms with van der Waals surface area (Å²) in [6.07, 6.45) is 2.49. The SMILES string of the molecule is CC[C@H](C)NC(=O)C1CCN(c2c(NC(C)=O)c(C)nn2-c2ccccc2)CC1. The van der Waals surface area contributed by atoms with Gasteiger partial charge in [0.25, 0.3) is 0 Å². The molecule has 1 saturated heterocycles. The molecule has 0 radical (unpaired) electrons. The van der Waals surface area contributed by atoms with Gasteiger partial charge in [0.1, 0.15) is 5.69 Å². The predicted molar refractivity (Wildman–Crippen MR) is 115 cm³/mol. The van der Waals surface area contributed by atoms with Crippen LogP contribution in [0, 0.1) is 12.8 Å². The molecule has 1 aliphatic rings. The Hall–Kier alpha value is -2.83. The summed E-state index contributed by atoms with van der Waals surface area (Å²) < 4.78 is 1.89. The van der Waals surface area contributed by atoms with Crippen molar-refractivity contribution >= 4 is 23.3 Å². The van der Waals surface area contributed by atoms with Crippen LogP contribution in [0.1, 0.15) is 45.7 Å². The van der Waals surface area contributed by atoms with E-state index in [0.717, 1.165) is 55.2 Å². The van der Waals surface area contributed by atoms with Crippen molar-refractivity contribution in [2.24, 2.45) is 5.92 Å². The van der Waals surface area contributed by atoms with Crippen molar-refractivity contribution in [2.75, 3.05) is 23.3 Å². The molecule has 1 aromatic carbocycles. The van der Waals surface area contributed by atoms with E-state index in [-0.39, 0.29) is 23.8 Å². The summed E-state index contributed by atoms with van der Waals surface area (Å²) in [5, 5.41) is 10.7. The van der Waals surface area contributed by atoms with Crippen molar-refractivity contribution in [1.29, 1.82) is 0 Å². The number of hydrogen-bond donors (Lipinski definition) is 2. The smallest absolute Gasteiger partial charge is 0.223 e. The molecule has 1 aliphatic heterocycles. The zero-order valence-corrected chi connectivity index (χ0v) is 17.7. The van der Waals surface area contributed by atoms with E-state index in [2.05, 4.69) is 22.5 Å². The molecule has 3 rings (SSSR count). The van der Waals surface area contributed by atoms with Crippen molar-refractivity contribution in [2.45, 2.75) is 53.0 Å². The van der Waals surface area contributed by atoms with E-state index in [1.165, 1.54) is 6.92 Å². The van der Waals surface area contributed by atoms with Gasteiger partial charge in [0.15, 0.2) is 5.82 Å². The number of rotatable bonds is 6. The van der Waals surface area contributed by atoms with E-state index in [0.29, 0.717) is 0 Å². The van der Waals surface area contributed by atoms with Gasteiger partial charge in [0, 0.05) is 32.0 Å². The minimum Gasteiger partial charge on any atom is -0.355 e. The molecule has 2 N–H and O–H groups in total. The maximum atomic E-state index is 12.5. The van der Waals surface area contributed by atoms with Gasteiger partial charge in [-0.15, -0.1) is 0 Å². The van der Waals surface area contributed by atoms with Gasteiger partial charge < -0.3 is 15.5 Å². The third-order valence-corrected chi connectivity index (χ3v) is 5.50. The Morgan fingerprint density at radius 1 is 1.21 bits per heavy atom. The predicted octanol–water partition coefficient (Wildman–Crippen LogP) is 3.27. The average molecular weight is 398 g/mol. The molecule has 0 saturated carbocycles. The molecular formula is C22H31N5O2.